The standard InChI is InChI=1S/C7H12O2/c1-2-4-8-7-5-9-6(7)3-1/h6-7H,1-5H2. The molecule has 0 aromatic heterocycles. The van der Waals surface area contributed by atoms with Crippen molar-refractivity contribution in [2.24, 2.45) is 0 Å². The molecule has 0 spiro atoms. The summed E-state index contributed by atoms with van der Waals surface area (Å²) in [6.07, 6.45) is 4.61. The number of hydrogen-bond acceptors (Lipinski definition) is 2. The molecule has 2 rings (SSSR count). The SMILES string of the molecule is C1CCC2OCC2OC1. The van der Waals surface area contributed by atoms with Gasteiger partial charge in [0, 0.05) is 6.61 Å². The fraction of sp³-hybridized carbons (Fsp3) is 1.00. The topological polar surface area (TPSA) is 18.5 Å². The van der Waals surface area contributed by atoms with Crippen molar-refractivity contribution in [3.8, 4) is 0 Å². The van der Waals surface area contributed by atoms with Gasteiger partial charge in [0.1, 0.15) is 6.10 Å². The van der Waals surface area contributed by atoms with Crippen molar-refractivity contribution in [1.82, 2.24) is 0 Å². The number of hydrogen-bond donors (Lipinski definition) is 0. The molecule has 2 aliphatic rings. The summed E-state index contributed by atoms with van der Waals surface area (Å²) in [5.41, 5.74) is 0. The molecule has 0 aromatic rings. The van der Waals surface area contributed by atoms with Crippen LogP contribution in [0.2, 0.25) is 0 Å². The van der Waals surface area contributed by atoms with Gasteiger partial charge in [-0.3, -0.25) is 0 Å². The Bertz CT molecular complexity index is 91.1. The van der Waals surface area contributed by atoms with Gasteiger partial charge in [0.25, 0.3) is 0 Å². The van der Waals surface area contributed by atoms with E-state index in [9.17, 15) is 0 Å². The number of rotatable bonds is 0. The minimum atomic E-state index is 0.451. The lowest BCUT2D eigenvalue weighted by atomic mass is 10.1. The molecular formula is C7H12O2. The summed E-state index contributed by atoms with van der Waals surface area (Å²) in [5.74, 6) is 0. The van der Waals surface area contributed by atoms with Gasteiger partial charge in [0.05, 0.1) is 12.7 Å². The zero-order valence-electron chi connectivity index (χ0n) is 5.51. The molecule has 2 heterocycles. The third kappa shape index (κ3) is 0.970. The van der Waals surface area contributed by atoms with Crippen molar-refractivity contribution in [3.63, 3.8) is 0 Å². The Morgan fingerprint density at radius 3 is 2.78 bits per heavy atom. The molecule has 0 amide bonds. The second-order valence-electron chi connectivity index (χ2n) is 2.78. The van der Waals surface area contributed by atoms with Crippen LogP contribution in [0.1, 0.15) is 19.3 Å². The molecule has 2 unspecified atom stereocenters. The van der Waals surface area contributed by atoms with Crippen LogP contribution in [0.15, 0.2) is 0 Å². The predicted molar refractivity (Wildman–Crippen MR) is 33.3 cm³/mol. The van der Waals surface area contributed by atoms with E-state index in [1.165, 1.54) is 19.3 Å². The number of ether oxygens (including phenoxy) is 2. The maximum Gasteiger partial charge on any atom is 0.107 e. The van der Waals surface area contributed by atoms with Crippen LogP contribution >= 0.6 is 0 Å². The van der Waals surface area contributed by atoms with E-state index in [-0.39, 0.29) is 0 Å². The third-order valence-corrected chi connectivity index (χ3v) is 2.10. The Morgan fingerprint density at radius 1 is 1.00 bits per heavy atom. The molecule has 2 aliphatic heterocycles. The quantitative estimate of drug-likeness (QED) is 0.483. The van der Waals surface area contributed by atoms with E-state index in [0.29, 0.717) is 12.2 Å². The fourth-order valence-corrected chi connectivity index (χ4v) is 1.42. The highest BCUT2D eigenvalue weighted by Crippen LogP contribution is 2.24. The molecule has 0 bridgehead atoms. The molecule has 52 valence electrons. The highest BCUT2D eigenvalue weighted by molar-refractivity contribution is 4.81. The summed E-state index contributed by atoms with van der Waals surface area (Å²) in [6.45, 7) is 1.79. The maximum atomic E-state index is 5.48. The summed E-state index contributed by atoms with van der Waals surface area (Å²) in [7, 11) is 0. The highest BCUT2D eigenvalue weighted by Gasteiger charge is 2.33. The van der Waals surface area contributed by atoms with Crippen molar-refractivity contribution in [2.75, 3.05) is 13.2 Å². The van der Waals surface area contributed by atoms with Crippen molar-refractivity contribution in [3.05, 3.63) is 0 Å². The van der Waals surface area contributed by atoms with Gasteiger partial charge in [0.15, 0.2) is 0 Å². The Labute approximate surface area is 55.1 Å². The van der Waals surface area contributed by atoms with Crippen molar-refractivity contribution in [1.29, 1.82) is 0 Å². The van der Waals surface area contributed by atoms with E-state index in [1.807, 2.05) is 0 Å². The van der Waals surface area contributed by atoms with Crippen LogP contribution in [-0.2, 0) is 9.47 Å². The van der Waals surface area contributed by atoms with Crippen LogP contribution < -0.4 is 0 Å². The summed E-state index contributed by atoms with van der Waals surface area (Å²) in [6, 6.07) is 0. The number of fused-ring (bicyclic) bond motifs is 1. The maximum absolute atomic E-state index is 5.48. The van der Waals surface area contributed by atoms with Crippen LogP contribution in [0.4, 0.5) is 0 Å². The fourth-order valence-electron chi connectivity index (χ4n) is 1.42. The molecule has 0 aliphatic carbocycles. The second-order valence-corrected chi connectivity index (χ2v) is 2.78. The highest BCUT2D eigenvalue weighted by atomic mass is 16.6. The minimum Gasteiger partial charge on any atom is -0.373 e. The lowest BCUT2D eigenvalue weighted by Crippen LogP contribution is -2.45. The van der Waals surface area contributed by atoms with Gasteiger partial charge >= 0.3 is 0 Å². The lowest BCUT2D eigenvalue weighted by Gasteiger charge is -2.34. The molecule has 2 nitrogen and oxygen atoms in total. The Morgan fingerprint density at radius 2 is 2.00 bits per heavy atom. The van der Waals surface area contributed by atoms with Crippen LogP contribution in [0.5, 0.6) is 0 Å². The van der Waals surface area contributed by atoms with E-state index >= 15 is 0 Å². The first-order valence-corrected chi connectivity index (χ1v) is 3.70. The van der Waals surface area contributed by atoms with E-state index in [1.54, 1.807) is 0 Å². The molecule has 9 heavy (non-hydrogen) atoms. The summed E-state index contributed by atoms with van der Waals surface area (Å²) in [4.78, 5) is 0. The molecule has 0 aromatic carbocycles. The van der Waals surface area contributed by atoms with Gasteiger partial charge < -0.3 is 9.47 Å². The van der Waals surface area contributed by atoms with E-state index in [4.69, 9.17) is 9.47 Å². The zero-order valence-corrected chi connectivity index (χ0v) is 5.51. The molecular weight excluding hydrogens is 116 g/mol. The van der Waals surface area contributed by atoms with Gasteiger partial charge in [-0.25, -0.2) is 0 Å². The van der Waals surface area contributed by atoms with Crippen molar-refractivity contribution < 1.29 is 9.47 Å². The molecule has 2 heteroatoms. The molecule has 2 atom stereocenters. The summed E-state index contributed by atoms with van der Waals surface area (Å²) >= 11 is 0. The van der Waals surface area contributed by atoms with E-state index in [0.717, 1.165) is 13.2 Å². The Kier molecular flexibility index (Phi) is 1.44. The zero-order chi connectivity index (χ0) is 6.10. The van der Waals surface area contributed by atoms with Gasteiger partial charge in [0.2, 0.25) is 0 Å². The lowest BCUT2D eigenvalue weighted by molar-refractivity contribution is -0.180. The molecule has 0 N–H and O–H groups in total. The van der Waals surface area contributed by atoms with Crippen LogP contribution in [0.3, 0.4) is 0 Å². The van der Waals surface area contributed by atoms with E-state index < -0.39 is 0 Å². The first kappa shape index (κ1) is 5.69. The molecule has 2 saturated heterocycles. The predicted octanol–water partition coefficient (Wildman–Crippen LogP) is 0.954. The van der Waals surface area contributed by atoms with Gasteiger partial charge in [-0.1, -0.05) is 0 Å². The second kappa shape index (κ2) is 2.27. The minimum absolute atomic E-state index is 0.451. The first-order valence-electron chi connectivity index (χ1n) is 3.70. The van der Waals surface area contributed by atoms with Gasteiger partial charge in [-0.2, -0.15) is 0 Å². The molecule has 0 saturated carbocycles. The smallest absolute Gasteiger partial charge is 0.107 e. The van der Waals surface area contributed by atoms with Crippen LogP contribution in [0, 0.1) is 0 Å². The average molecular weight is 128 g/mol. The van der Waals surface area contributed by atoms with E-state index in [2.05, 4.69) is 0 Å². The summed E-state index contributed by atoms with van der Waals surface area (Å²) < 4.78 is 10.8. The Hall–Kier alpha value is -0.0800. The van der Waals surface area contributed by atoms with Gasteiger partial charge in [-0.05, 0) is 19.3 Å². The normalized spacial score (nSPS) is 42.7. The van der Waals surface area contributed by atoms with Crippen molar-refractivity contribution >= 4 is 0 Å². The molecule has 2 fully saturated rings. The average Bonchev–Trinajstić information content (AvgIpc) is 1.94. The largest absolute Gasteiger partial charge is 0.373 e. The van der Waals surface area contributed by atoms with Crippen molar-refractivity contribution in [2.45, 2.75) is 31.5 Å². The molecule has 0 radical (unpaired) electrons. The Balaban J connectivity index is 1.90. The first-order chi connectivity index (χ1) is 4.47. The van der Waals surface area contributed by atoms with Crippen LogP contribution in [-0.4, -0.2) is 25.4 Å². The van der Waals surface area contributed by atoms with Crippen LogP contribution in [0.25, 0.3) is 0 Å². The third-order valence-electron chi connectivity index (χ3n) is 2.10. The summed E-state index contributed by atoms with van der Waals surface area (Å²) in [5, 5.41) is 0. The van der Waals surface area contributed by atoms with Gasteiger partial charge in [-0.15, -0.1) is 0 Å². The monoisotopic (exact) mass is 128 g/mol.